The van der Waals surface area contributed by atoms with Crippen molar-refractivity contribution >= 4 is 24.8 Å². The van der Waals surface area contributed by atoms with Crippen molar-refractivity contribution < 1.29 is 48.7 Å². The van der Waals surface area contributed by atoms with E-state index in [2.05, 4.69) is 26.0 Å². The summed E-state index contributed by atoms with van der Waals surface area (Å²) in [6.45, 7) is 4.29. The first kappa shape index (κ1) is 32.1. The number of unbranched alkanes of at least 4 members (excludes halogenated alkanes) is 10. The molecule has 1 aliphatic rings. The third-order valence-electron chi connectivity index (χ3n) is 8.28. The van der Waals surface area contributed by atoms with E-state index in [-0.39, 0.29) is 24.2 Å². The second-order valence-corrected chi connectivity index (χ2v) is 16.0. The summed E-state index contributed by atoms with van der Waals surface area (Å²) in [5, 5.41) is 0. The third kappa shape index (κ3) is 7.68. The van der Waals surface area contributed by atoms with Gasteiger partial charge in [0, 0.05) is 0 Å². The minimum atomic E-state index is -4.88. The molecule has 5 nitrogen and oxygen atoms in total. The fraction of sp³-hybridized carbons (Fsp3) is 0.562. The zero-order valence-corrected chi connectivity index (χ0v) is 30.0. The summed E-state index contributed by atoms with van der Waals surface area (Å²) in [5.41, 5.74) is 2.17. The number of hydrogen-bond donors (Lipinski definition) is 1. The molecule has 0 spiro atoms. The summed E-state index contributed by atoms with van der Waals surface area (Å²) in [6.07, 6.45) is 11.5. The van der Waals surface area contributed by atoms with Crippen LogP contribution in [0.15, 0.2) is 42.5 Å². The molecule has 1 aliphatic carbocycles. The van der Waals surface area contributed by atoms with E-state index < -0.39 is 26.6 Å². The van der Waals surface area contributed by atoms with Gasteiger partial charge in [0.15, 0.2) is 0 Å². The van der Waals surface area contributed by atoms with E-state index in [9.17, 15) is 22.6 Å². The molecule has 1 N–H and O–H groups in total. The summed E-state index contributed by atoms with van der Waals surface area (Å²) in [6, 6.07) is 13.0. The van der Waals surface area contributed by atoms with Crippen molar-refractivity contribution in [2.24, 2.45) is 5.92 Å². The molecule has 7 heteroatoms. The van der Waals surface area contributed by atoms with Gasteiger partial charge < -0.3 is 0 Å². The molecule has 0 radical (unpaired) electrons. The van der Waals surface area contributed by atoms with Crippen LogP contribution in [0.3, 0.4) is 0 Å². The first-order valence-electron chi connectivity index (χ1n) is 14.8. The van der Waals surface area contributed by atoms with Gasteiger partial charge in [-0.3, -0.25) is 0 Å². The zero-order valence-electron chi connectivity index (χ0n) is 23.7. The predicted octanol–water partition coefficient (Wildman–Crippen LogP) is 7.65. The van der Waals surface area contributed by atoms with E-state index >= 15 is 0 Å². The Balaban J connectivity index is 2.03. The number of hydrogen-bond acceptors (Lipinski definition) is 4. The molecule has 3 rings (SSSR count). The molecule has 2 unspecified atom stereocenters. The van der Waals surface area contributed by atoms with Crippen molar-refractivity contribution in [3.8, 4) is 11.1 Å². The molecular formula is C32H43HgO5S. The van der Waals surface area contributed by atoms with Crippen LogP contribution in [0.25, 0.3) is 11.1 Å². The van der Waals surface area contributed by atoms with Gasteiger partial charge in [0.05, 0.1) is 0 Å². The summed E-state index contributed by atoms with van der Waals surface area (Å²) >= 11 is 0.485. The van der Waals surface area contributed by atoms with Gasteiger partial charge in [0.2, 0.25) is 0 Å². The number of carbonyl (C=O) groups is 2. The molecular weight excluding hydrogens is 697 g/mol. The standard InChI is InChI=1S/C32H43O5S.Hg/c1-3-5-7-9-11-16-20-29-30(33)28-24-26(21-22-27(28)25-18-14-13-15-19-25)31(34)32(29,38(35,36)37)23-17-12-10-8-6-4-2;/h14-15,18-19,21-22,24,29H,3-12,16-17,20,23H2,1-2H3,(H,35,36,37);. The molecule has 0 amide bonds. The van der Waals surface area contributed by atoms with Crippen molar-refractivity contribution in [3.63, 3.8) is 0 Å². The fourth-order valence-corrected chi connectivity index (χ4v) is 8.26. The van der Waals surface area contributed by atoms with Crippen LogP contribution in [-0.2, 0) is 36.2 Å². The molecule has 209 valence electrons. The van der Waals surface area contributed by atoms with Crippen molar-refractivity contribution in [2.45, 2.75) is 108 Å². The number of ketones is 2. The summed E-state index contributed by atoms with van der Waals surface area (Å²) in [5.74, 6) is -2.08. The van der Waals surface area contributed by atoms with Crippen LogP contribution < -0.4 is 3.07 Å². The molecule has 2 bridgehead atoms. The molecule has 0 aromatic heterocycles. The summed E-state index contributed by atoms with van der Waals surface area (Å²) in [4.78, 5) is 28.4. The maximum atomic E-state index is 14.3. The first-order valence-corrected chi connectivity index (χ1v) is 19.0. The first-order chi connectivity index (χ1) is 18.7. The molecule has 2 aromatic rings. The molecule has 2 aromatic carbocycles. The Kier molecular flexibility index (Phi) is 12.4. The Labute approximate surface area is 251 Å². The van der Waals surface area contributed by atoms with E-state index in [1.54, 1.807) is 18.2 Å². The van der Waals surface area contributed by atoms with Gasteiger partial charge in [-0.25, -0.2) is 0 Å². The van der Waals surface area contributed by atoms with Gasteiger partial charge in [0.1, 0.15) is 0 Å². The van der Waals surface area contributed by atoms with Crippen molar-refractivity contribution in [2.75, 3.05) is 0 Å². The van der Waals surface area contributed by atoms with Crippen LogP contribution >= 0.6 is 0 Å². The average Bonchev–Trinajstić information content (AvgIpc) is 2.97. The van der Waals surface area contributed by atoms with Gasteiger partial charge in [-0.05, 0) is 0 Å². The topological polar surface area (TPSA) is 88.5 Å². The monoisotopic (exact) mass is 741 g/mol. The van der Waals surface area contributed by atoms with Crippen LogP contribution in [0.1, 0.15) is 124 Å². The number of rotatable bonds is 16. The Morgan fingerprint density at radius 3 is 1.87 bits per heavy atom. The normalized spacial score (nSPS) is 19.4. The maximum absolute atomic E-state index is 14.3. The van der Waals surface area contributed by atoms with Crippen molar-refractivity contribution in [1.82, 2.24) is 0 Å². The minimum absolute atomic E-state index is 0.0339. The third-order valence-corrected chi connectivity index (χ3v) is 11.7. The quantitative estimate of drug-likeness (QED) is 0.109. The van der Waals surface area contributed by atoms with Crippen molar-refractivity contribution in [1.29, 1.82) is 0 Å². The van der Waals surface area contributed by atoms with E-state index in [4.69, 9.17) is 0 Å². The number of benzene rings is 2. The Morgan fingerprint density at radius 1 is 0.744 bits per heavy atom. The number of Topliss-reactive ketones (excluding diaryl/α,β-unsaturated/α-hetero) is 2. The van der Waals surface area contributed by atoms with Crippen LogP contribution in [0.2, 0.25) is 0 Å². The number of fused-ring (bicyclic) bond motifs is 2. The van der Waals surface area contributed by atoms with Gasteiger partial charge in [-0.15, -0.1) is 0 Å². The second kappa shape index (κ2) is 15.0. The van der Waals surface area contributed by atoms with E-state index in [0.29, 0.717) is 50.1 Å². The van der Waals surface area contributed by atoms with Gasteiger partial charge in [-0.2, -0.15) is 0 Å². The Bertz CT molecular complexity index is 1220. The summed E-state index contributed by atoms with van der Waals surface area (Å²) < 4.78 is 36.4. The van der Waals surface area contributed by atoms with Crippen LogP contribution in [0.5, 0.6) is 0 Å². The predicted molar refractivity (Wildman–Crippen MR) is 154 cm³/mol. The van der Waals surface area contributed by atoms with Gasteiger partial charge in [-0.1, -0.05) is 58.8 Å². The van der Waals surface area contributed by atoms with Crippen LogP contribution in [0, 0.1) is 5.92 Å². The Morgan fingerprint density at radius 2 is 1.28 bits per heavy atom. The molecule has 0 heterocycles. The van der Waals surface area contributed by atoms with Gasteiger partial charge in [0.25, 0.3) is 0 Å². The molecule has 0 aliphatic heterocycles. The van der Waals surface area contributed by atoms with Crippen molar-refractivity contribution in [3.05, 3.63) is 53.6 Å². The van der Waals surface area contributed by atoms with Crippen LogP contribution in [0.4, 0.5) is 0 Å². The molecule has 39 heavy (non-hydrogen) atoms. The fourth-order valence-electron chi connectivity index (χ4n) is 6.00. The molecule has 0 saturated heterocycles. The SMILES string of the molecule is CCCCCCCCC1C(=O)c2cc(ccc2-c2cc[c]([Hg])cc2)C(=O)C1(CCCCCCCC)S(=O)(=O)O. The molecule has 2 atom stereocenters. The summed E-state index contributed by atoms with van der Waals surface area (Å²) in [7, 11) is -4.88. The number of carbonyl (C=O) groups excluding carboxylic acids is 2. The van der Waals surface area contributed by atoms with Crippen LogP contribution in [-0.4, -0.2) is 29.3 Å². The van der Waals surface area contributed by atoms with Gasteiger partial charge >= 0.3 is 194 Å². The van der Waals surface area contributed by atoms with E-state index in [0.717, 1.165) is 69.8 Å². The Hall–Kier alpha value is -1.37. The van der Waals surface area contributed by atoms with E-state index in [1.807, 2.05) is 12.1 Å². The van der Waals surface area contributed by atoms with E-state index in [1.165, 1.54) is 3.07 Å². The molecule has 0 saturated carbocycles. The second-order valence-electron chi connectivity index (χ2n) is 11.1. The zero-order chi connectivity index (χ0) is 28.5. The average molecular weight is 740 g/mol. The molecule has 0 fully saturated rings.